The van der Waals surface area contributed by atoms with Gasteiger partial charge in [-0.3, -0.25) is 14.5 Å². The molecule has 27 heavy (non-hydrogen) atoms. The summed E-state index contributed by atoms with van der Waals surface area (Å²) in [4.78, 5) is 26.4. The molecule has 0 spiro atoms. The molecule has 1 saturated heterocycles. The summed E-state index contributed by atoms with van der Waals surface area (Å²) in [6.45, 7) is 6.18. The lowest BCUT2D eigenvalue weighted by molar-refractivity contribution is -0.119. The highest BCUT2D eigenvalue weighted by atomic mass is 32.2. The quantitative estimate of drug-likeness (QED) is 0.799. The van der Waals surface area contributed by atoms with E-state index in [9.17, 15) is 9.59 Å². The fourth-order valence-corrected chi connectivity index (χ4v) is 4.08. The van der Waals surface area contributed by atoms with Crippen LogP contribution in [0.4, 0.5) is 11.4 Å². The molecule has 1 atom stereocenters. The topological polar surface area (TPSA) is 58.6 Å². The van der Waals surface area contributed by atoms with Crippen LogP contribution in [-0.4, -0.2) is 24.2 Å². The molecule has 1 N–H and O–H groups in total. The van der Waals surface area contributed by atoms with Crippen molar-refractivity contribution in [3.63, 3.8) is 0 Å². The van der Waals surface area contributed by atoms with Crippen molar-refractivity contribution in [1.82, 2.24) is 0 Å². The first-order valence-corrected chi connectivity index (χ1v) is 10.1. The van der Waals surface area contributed by atoms with Crippen LogP contribution in [0.25, 0.3) is 0 Å². The number of ether oxygens (including phenoxy) is 1. The second kappa shape index (κ2) is 8.48. The Hall–Kier alpha value is -2.47. The highest BCUT2D eigenvalue weighted by molar-refractivity contribution is 8.00. The number of nitrogens with zero attached hydrogens (tertiary/aromatic N) is 1. The van der Waals surface area contributed by atoms with Gasteiger partial charge in [0, 0.05) is 11.6 Å². The van der Waals surface area contributed by atoms with Crippen LogP contribution >= 0.6 is 11.8 Å². The number of rotatable bonds is 6. The van der Waals surface area contributed by atoms with Gasteiger partial charge in [0.2, 0.25) is 11.8 Å². The first-order valence-electron chi connectivity index (χ1n) is 9.07. The van der Waals surface area contributed by atoms with Gasteiger partial charge in [-0.1, -0.05) is 38.1 Å². The van der Waals surface area contributed by atoms with Crippen molar-refractivity contribution in [2.24, 2.45) is 5.92 Å². The fourth-order valence-electron chi connectivity index (χ4n) is 2.92. The normalized spacial score (nSPS) is 16.7. The van der Waals surface area contributed by atoms with Crippen LogP contribution in [0.2, 0.25) is 0 Å². The summed E-state index contributed by atoms with van der Waals surface area (Å²) in [6, 6.07) is 15.3. The van der Waals surface area contributed by atoms with Crippen LogP contribution in [0.3, 0.4) is 0 Å². The Morgan fingerprint density at radius 2 is 2.04 bits per heavy atom. The minimum absolute atomic E-state index is 0.0270. The summed E-state index contributed by atoms with van der Waals surface area (Å²) in [5.74, 6) is 1.04. The highest BCUT2D eigenvalue weighted by Gasteiger charge is 2.35. The lowest BCUT2D eigenvalue weighted by atomic mass is 10.1. The molecule has 1 aliphatic heterocycles. The number of thioether (sulfide) groups is 1. The molecule has 0 saturated carbocycles. The van der Waals surface area contributed by atoms with E-state index in [4.69, 9.17) is 4.74 Å². The Labute approximate surface area is 164 Å². The van der Waals surface area contributed by atoms with Crippen LogP contribution in [0.1, 0.15) is 31.7 Å². The van der Waals surface area contributed by atoms with Crippen molar-refractivity contribution in [3.05, 3.63) is 54.1 Å². The summed E-state index contributed by atoms with van der Waals surface area (Å²) in [5, 5.41) is 2.77. The maximum atomic E-state index is 12.6. The fraction of sp³-hybridized carbons (Fsp3) is 0.333. The number of para-hydroxylation sites is 2. The van der Waals surface area contributed by atoms with Crippen LogP contribution in [0.5, 0.6) is 5.75 Å². The molecule has 1 fully saturated rings. The number of hydrogen-bond acceptors (Lipinski definition) is 4. The molecule has 0 aromatic heterocycles. The second-order valence-electron chi connectivity index (χ2n) is 6.60. The molecular formula is C21H24N2O3S. The van der Waals surface area contributed by atoms with Gasteiger partial charge in [0.15, 0.2) is 0 Å². The number of carbonyl (C=O) groups excluding carboxylic acids is 2. The predicted octanol–water partition coefficient (Wildman–Crippen LogP) is 4.46. The molecule has 2 aromatic rings. The second-order valence-corrected chi connectivity index (χ2v) is 7.67. The molecule has 3 rings (SSSR count). The Morgan fingerprint density at radius 3 is 2.78 bits per heavy atom. The maximum Gasteiger partial charge on any atom is 0.238 e. The molecule has 5 nitrogen and oxygen atoms in total. The van der Waals surface area contributed by atoms with Gasteiger partial charge in [0.25, 0.3) is 0 Å². The van der Waals surface area contributed by atoms with E-state index >= 15 is 0 Å². The standard InChI is InChI=1S/C21H24N2O3S/c1-4-26-18-11-6-5-10-17(18)23-19(24)13-27-21(23)15-8-7-9-16(12-15)22-20(25)14(2)3/h5-12,14,21H,4,13H2,1-3H3,(H,22,25)/t21-/m0/s1. The molecule has 2 amide bonds. The molecule has 142 valence electrons. The smallest absolute Gasteiger partial charge is 0.238 e. The van der Waals surface area contributed by atoms with Crippen molar-refractivity contribution in [3.8, 4) is 5.75 Å². The van der Waals surface area contributed by atoms with E-state index in [0.717, 1.165) is 16.9 Å². The average molecular weight is 385 g/mol. The number of amides is 2. The number of hydrogen-bond donors (Lipinski definition) is 1. The number of carbonyl (C=O) groups is 2. The molecule has 0 unspecified atom stereocenters. The zero-order valence-electron chi connectivity index (χ0n) is 15.8. The van der Waals surface area contributed by atoms with E-state index in [1.807, 2.05) is 69.3 Å². The Kier molecular flexibility index (Phi) is 6.06. The van der Waals surface area contributed by atoms with Gasteiger partial charge in [-0.15, -0.1) is 11.8 Å². The summed E-state index contributed by atoms with van der Waals surface area (Å²) in [5.41, 5.74) is 2.49. The Bertz CT molecular complexity index is 838. The van der Waals surface area contributed by atoms with Crippen molar-refractivity contribution >= 4 is 35.0 Å². The van der Waals surface area contributed by atoms with Crippen LogP contribution in [-0.2, 0) is 9.59 Å². The summed E-state index contributed by atoms with van der Waals surface area (Å²) in [6.07, 6.45) is 0. The maximum absolute atomic E-state index is 12.6. The monoisotopic (exact) mass is 384 g/mol. The first-order chi connectivity index (χ1) is 13.0. The lowest BCUT2D eigenvalue weighted by Crippen LogP contribution is -2.28. The zero-order valence-corrected chi connectivity index (χ0v) is 16.6. The van der Waals surface area contributed by atoms with Crippen LogP contribution in [0.15, 0.2) is 48.5 Å². The van der Waals surface area contributed by atoms with E-state index in [0.29, 0.717) is 18.1 Å². The van der Waals surface area contributed by atoms with E-state index in [-0.39, 0.29) is 23.1 Å². The van der Waals surface area contributed by atoms with Gasteiger partial charge in [-0.25, -0.2) is 0 Å². The van der Waals surface area contributed by atoms with E-state index in [1.165, 1.54) is 0 Å². The van der Waals surface area contributed by atoms with E-state index < -0.39 is 0 Å². The summed E-state index contributed by atoms with van der Waals surface area (Å²) in [7, 11) is 0. The molecule has 1 aliphatic rings. The van der Waals surface area contributed by atoms with Crippen molar-refractivity contribution in [2.45, 2.75) is 26.1 Å². The summed E-state index contributed by atoms with van der Waals surface area (Å²) < 4.78 is 5.72. The molecule has 2 aromatic carbocycles. The van der Waals surface area contributed by atoms with E-state index in [2.05, 4.69) is 5.32 Å². The highest BCUT2D eigenvalue weighted by Crippen LogP contribution is 2.45. The van der Waals surface area contributed by atoms with Gasteiger partial charge < -0.3 is 10.1 Å². The SMILES string of the molecule is CCOc1ccccc1N1C(=O)CS[C@H]1c1cccc(NC(=O)C(C)C)c1. The van der Waals surface area contributed by atoms with Gasteiger partial charge in [0.1, 0.15) is 11.1 Å². The minimum Gasteiger partial charge on any atom is -0.492 e. The Balaban J connectivity index is 1.92. The number of anilines is 2. The molecule has 1 heterocycles. The van der Waals surface area contributed by atoms with Crippen LogP contribution < -0.4 is 15.0 Å². The average Bonchev–Trinajstić information content (AvgIpc) is 3.04. The molecule has 0 aliphatic carbocycles. The molecular weight excluding hydrogens is 360 g/mol. The minimum atomic E-state index is -0.157. The van der Waals surface area contributed by atoms with Gasteiger partial charge in [0.05, 0.1) is 18.0 Å². The number of benzene rings is 2. The van der Waals surface area contributed by atoms with Crippen molar-refractivity contribution in [2.75, 3.05) is 22.6 Å². The molecule has 0 bridgehead atoms. The van der Waals surface area contributed by atoms with E-state index in [1.54, 1.807) is 16.7 Å². The zero-order chi connectivity index (χ0) is 19.4. The predicted molar refractivity (Wildman–Crippen MR) is 110 cm³/mol. The Morgan fingerprint density at radius 1 is 1.26 bits per heavy atom. The van der Waals surface area contributed by atoms with Crippen LogP contribution in [0, 0.1) is 5.92 Å². The lowest BCUT2D eigenvalue weighted by Gasteiger charge is -2.26. The first kappa shape index (κ1) is 19.3. The van der Waals surface area contributed by atoms with Gasteiger partial charge in [-0.2, -0.15) is 0 Å². The van der Waals surface area contributed by atoms with Crippen molar-refractivity contribution in [1.29, 1.82) is 0 Å². The number of nitrogens with one attached hydrogen (secondary N) is 1. The third-order valence-electron chi connectivity index (χ3n) is 4.26. The third kappa shape index (κ3) is 4.27. The molecule has 6 heteroatoms. The van der Waals surface area contributed by atoms with Gasteiger partial charge in [-0.05, 0) is 36.8 Å². The third-order valence-corrected chi connectivity index (χ3v) is 5.47. The largest absolute Gasteiger partial charge is 0.492 e. The van der Waals surface area contributed by atoms with Gasteiger partial charge >= 0.3 is 0 Å². The summed E-state index contributed by atoms with van der Waals surface area (Å²) >= 11 is 1.58. The molecule has 0 radical (unpaired) electrons. The van der Waals surface area contributed by atoms with Crippen molar-refractivity contribution < 1.29 is 14.3 Å².